The molecule has 2 atom stereocenters. The van der Waals surface area contributed by atoms with Crippen molar-refractivity contribution >= 4 is 24.1 Å². The Morgan fingerprint density at radius 3 is 2.39 bits per heavy atom. The summed E-state index contributed by atoms with van der Waals surface area (Å²) in [6.45, 7) is 2.90. The van der Waals surface area contributed by atoms with Crippen LogP contribution in [0, 0.1) is 0 Å². The van der Waals surface area contributed by atoms with Crippen LogP contribution in [0.1, 0.15) is 25.0 Å². The monoisotopic (exact) mass is 318 g/mol. The van der Waals surface area contributed by atoms with Crippen molar-refractivity contribution in [1.29, 1.82) is 0 Å². The molecule has 3 amide bonds. The van der Waals surface area contributed by atoms with Crippen molar-refractivity contribution in [2.24, 2.45) is 10.9 Å². The van der Waals surface area contributed by atoms with Crippen molar-refractivity contribution < 1.29 is 19.5 Å². The second kappa shape index (κ2) is 5.71. The summed E-state index contributed by atoms with van der Waals surface area (Å²) < 4.78 is 0. The minimum absolute atomic E-state index is 0.569. The maximum absolute atomic E-state index is 12.8. The van der Waals surface area contributed by atoms with Gasteiger partial charge in [-0.25, -0.2) is 14.5 Å². The van der Waals surface area contributed by atoms with Crippen LogP contribution in [0.5, 0.6) is 0 Å². The Morgan fingerprint density at radius 2 is 1.91 bits per heavy atom. The highest BCUT2D eigenvalue weighted by Crippen LogP contribution is 2.37. The first-order chi connectivity index (χ1) is 10.7. The Bertz CT molecular complexity index is 685. The van der Waals surface area contributed by atoms with Gasteiger partial charge in [-0.05, 0) is 25.0 Å². The maximum atomic E-state index is 12.8. The van der Waals surface area contributed by atoms with Crippen LogP contribution in [0.15, 0.2) is 29.4 Å². The molecule has 1 fully saturated rings. The van der Waals surface area contributed by atoms with Gasteiger partial charge in [0.25, 0.3) is 5.91 Å². The number of rotatable bonds is 4. The quantitative estimate of drug-likeness (QED) is 0.364. The topological polar surface area (TPSA) is 116 Å². The number of urea groups is 1. The lowest BCUT2D eigenvalue weighted by molar-refractivity contribution is -0.147. The number of likely N-dealkylation sites (N-methyl/N-ethyl adjacent to an activating group) is 1. The van der Waals surface area contributed by atoms with E-state index in [-0.39, 0.29) is 0 Å². The van der Waals surface area contributed by atoms with E-state index in [4.69, 9.17) is 10.9 Å². The van der Waals surface area contributed by atoms with Gasteiger partial charge in [0.2, 0.25) is 0 Å². The number of carboxylic acid groups (broad SMARTS) is 1. The van der Waals surface area contributed by atoms with Crippen molar-refractivity contribution in [2.75, 3.05) is 7.05 Å². The van der Waals surface area contributed by atoms with E-state index in [0.29, 0.717) is 5.56 Å². The Morgan fingerprint density at radius 1 is 1.35 bits per heavy atom. The maximum Gasteiger partial charge on any atom is 0.328 e. The van der Waals surface area contributed by atoms with E-state index in [1.165, 1.54) is 25.1 Å². The molecule has 3 N–H and O–H groups in total. The highest BCUT2D eigenvalue weighted by atomic mass is 16.4. The fraction of sp³-hybridized carbons (Fsp3) is 0.333. The molecule has 122 valence electrons. The van der Waals surface area contributed by atoms with Crippen molar-refractivity contribution in [1.82, 2.24) is 9.80 Å². The van der Waals surface area contributed by atoms with E-state index < -0.39 is 29.5 Å². The summed E-state index contributed by atoms with van der Waals surface area (Å²) in [7, 11) is 1.48. The number of amides is 3. The number of hydrazone groups is 1. The number of hydrogen-bond acceptors (Lipinski definition) is 5. The van der Waals surface area contributed by atoms with Gasteiger partial charge >= 0.3 is 12.0 Å². The molecule has 0 bridgehead atoms. The van der Waals surface area contributed by atoms with Crippen LogP contribution in [0.2, 0.25) is 0 Å². The molecule has 0 unspecified atom stereocenters. The summed E-state index contributed by atoms with van der Waals surface area (Å²) >= 11 is 0. The van der Waals surface area contributed by atoms with Crippen molar-refractivity contribution in [2.45, 2.75) is 25.4 Å². The molecule has 2 rings (SSSR count). The normalized spacial score (nSPS) is 22.9. The van der Waals surface area contributed by atoms with Crippen LogP contribution in [0.25, 0.3) is 0 Å². The SMILES string of the molecule is C[C@@H](C(=O)O)N1C(=O)N(C)[C@](C)(c2ccc(C=NN)cc2)C1=O. The van der Waals surface area contributed by atoms with Crippen molar-refractivity contribution in [3.8, 4) is 0 Å². The number of benzene rings is 1. The molecule has 23 heavy (non-hydrogen) atoms. The van der Waals surface area contributed by atoms with Gasteiger partial charge in [-0.15, -0.1) is 0 Å². The first-order valence-corrected chi connectivity index (χ1v) is 6.93. The molecule has 8 nitrogen and oxygen atoms in total. The Balaban J connectivity index is 2.46. The third-order valence-corrected chi connectivity index (χ3v) is 4.24. The Hall–Kier alpha value is -2.90. The van der Waals surface area contributed by atoms with E-state index in [9.17, 15) is 14.4 Å². The lowest BCUT2D eigenvalue weighted by Gasteiger charge is -2.29. The molecule has 0 saturated carbocycles. The highest BCUT2D eigenvalue weighted by molar-refractivity contribution is 6.09. The van der Waals surface area contributed by atoms with Gasteiger partial charge in [-0.1, -0.05) is 24.3 Å². The fourth-order valence-corrected chi connectivity index (χ4v) is 2.57. The van der Waals surface area contributed by atoms with E-state index in [2.05, 4.69) is 5.10 Å². The number of aliphatic carboxylic acids is 1. The molecule has 1 aliphatic heterocycles. The predicted octanol–water partition coefficient (Wildman–Crippen LogP) is 0.561. The first kappa shape index (κ1) is 16.5. The second-order valence-corrected chi connectivity index (χ2v) is 5.50. The number of nitrogens with two attached hydrogens (primary N) is 1. The average Bonchev–Trinajstić information content (AvgIpc) is 2.69. The van der Waals surface area contributed by atoms with E-state index in [0.717, 1.165) is 10.5 Å². The van der Waals surface area contributed by atoms with Crippen LogP contribution in [-0.2, 0) is 15.1 Å². The Labute approximate surface area is 133 Å². The van der Waals surface area contributed by atoms with E-state index >= 15 is 0 Å². The first-order valence-electron chi connectivity index (χ1n) is 6.93. The standard InChI is InChI=1S/C15H18N4O4/c1-9(12(20)21)19-13(22)15(2,18(3)14(19)23)11-6-4-10(5-7-11)8-17-16/h4-9H,16H2,1-3H3,(H,20,21)/t9-,15+/m0/s1. The minimum atomic E-state index is -1.26. The summed E-state index contributed by atoms with van der Waals surface area (Å²) in [5, 5.41) is 12.5. The number of carbonyl (C=O) groups excluding carboxylic acids is 2. The second-order valence-electron chi connectivity index (χ2n) is 5.50. The lowest BCUT2D eigenvalue weighted by Crippen LogP contribution is -2.45. The zero-order valence-corrected chi connectivity index (χ0v) is 13.1. The zero-order valence-electron chi connectivity index (χ0n) is 13.1. The van der Waals surface area contributed by atoms with Crippen molar-refractivity contribution in [3.05, 3.63) is 35.4 Å². The number of hydrogen-bond donors (Lipinski definition) is 2. The summed E-state index contributed by atoms with van der Waals surface area (Å²) in [4.78, 5) is 38.3. The zero-order chi connectivity index (χ0) is 17.4. The van der Waals surface area contributed by atoms with Crippen LogP contribution in [0.4, 0.5) is 4.79 Å². The summed E-state index contributed by atoms with van der Waals surface area (Å²) in [6, 6.07) is 4.93. The molecule has 0 aromatic heterocycles. The smallest absolute Gasteiger partial charge is 0.328 e. The van der Waals surface area contributed by atoms with Gasteiger partial charge in [0.05, 0.1) is 6.21 Å². The van der Waals surface area contributed by atoms with Crippen LogP contribution < -0.4 is 5.84 Å². The molecule has 1 heterocycles. The molecule has 1 aromatic rings. The van der Waals surface area contributed by atoms with Gasteiger partial charge in [0, 0.05) is 7.05 Å². The summed E-state index contributed by atoms with van der Waals surface area (Å²) in [5.74, 6) is 3.28. The largest absolute Gasteiger partial charge is 0.480 e. The average molecular weight is 318 g/mol. The van der Waals surface area contributed by atoms with E-state index in [1.54, 1.807) is 31.2 Å². The fourth-order valence-electron chi connectivity index (χ4n) is 2.57. The molecule has 1 saturated heterocycles. The predicted molar refractivity (Wildman–Crippen MR) is 82.7 cm³/mol. The molecule has 1 aromatic carbocycles. The molecule has 0 radical (unpaired) electrons. The van der Waals surface area contributed by atoms with Gasteiger partial charge in [0.15, 0.2) is 0 Å². The molecular weight excluding hydrogens is 300 g/mol. The number of carboxylic acids is 1. The van der Waals surface area contributed by atoms with Gasteiger partial charge in [-0.3, -0.25) is 4.79 Å². The number of nitrogens with zero attached hydrogens (tertiary/aromatic N) is 3. The molecule has 1 aliphatic rings. The number of carbonyl (C=O) groups is 3. The van der Waals surface area contributed by atoms with Crippen LogP contribution in [-0.4, -0.2) is 52.1 Å². The van der Waals surface area contributed by atoms with Gasteiger partial charge in [-0.2, -0.15) is 5.10 Å². The molecule has 8 heteroatoms. The Kier molecular flexibility index (Phi) is 4.09. The molecular formula is C15H18N4O4. The lowest BCUT2D eigenvalue weighted by atomic mass is 9.90. The molecule has 0 spiro atoms. The minimum Gasteiger partial charge on any atom is -0.480 e. The van der Waals surface area contributed by atoms with Gasteiger partial charge in [0.1, 0.15) is 11.6 Å². The third-order valence-electron chi connectivity index (χ3n) is 4.24. The van der Waals surface area contributed by atoms with Gasteiger partial charge < -0.3 is 15.8 Å². The van der Waals surface area contributed by atoms with E-state index in [1.807, 2.05) is 0 Å². The summed E-state index contributed by atoms with van der Waals surface area (Å²) in [5.41, 5.74) is 0.0572. The number of imide groups is 1. The highest BCUT2D eigenvalue weighted by Gasteiger charge is 2.55. The van der Waals surface area contributed by atoms with Crippen LogP contribution in [0.3, 0.4) is 0 Å². The van der Waals surface area contributed by atoms with Crippen LogP contribution >= 0.6 is 0 Å². The van der Waals surface area contributed by atoms with Crippen molar-refractivity contribution in [3.63, 3.8) is 0 Å². The third kappa shape index (κ3) is 2.41. The summed E-state index contributed by atoms with van der Waals surface area (Å²) in [6.07, 6.45) is 1.45. The molecule has 0 aliphatic carbocycles.